The molecule has 1 saturated heterocycles. The van der Waals surface area contributed by atoms with Gasteiger partial charge in [0, 0.05) is 24.0 Å². The van der Waals surface area contributed by atoms with Crippen LogP contribution in [0.5, 0.6) is 5.75 Å². The van der Waals surface area contributed by atoms with Gasteiger partial charge >= 0.3 is 0 Å². The molecule has 1 amide bonds. The second-order valence-electron chi connectivity index (χ2n) is 6.23. The van der Waals surface area contributed by atoms with Crippen LogP contribution in [-0.4, -0.2) is 59.9 Å². The van der Waals surface area contributed by atoms with Crippen molar-refractivity contribution in [3.05, 3.63) is 29.6 Å². The smallest absolute Gasteiger partial charge is 0.233 e. The van der Waals surface area contributed by atoms with Gasteiger partial charge < -0.3 is 20.1 Å². The van der Waals surface area contributed by atoms with Gasteiger partial charge in [0.15, 0.2) is 5.16 Å². The summed E-state index contributed by atoms with van der Waals surface area (Å²) in [6.45, 7) is 2.46. The monoisotopic (exact) mass is 416 g/mol. The minimum atomic E-state index is 0.0701. The predicted molar refractivity (Wildman–Crippen MR) is 112 cm³/mol. The molecule has 0 unspecified atom stereocenters. The Hall–Kier alpha value is -2.36. The summed E-state index contributed by atoms with van der Waals surface area (Å²) < 4.78 is 10.5. The zero-order chi connectivity index (χ0) is 19.5. The first-order valence-electron chi connectivity index (χ1n) is 8.83. The number of methoxy groups -OCH3 is 1. The van der Waals surface area contributed by atoms with Gasteiger partial charge in [0.2, 0.25) is 5.91 Å². The van der Waals surface area contributed by atoms with Crippen molar-refractivity contribution in [3.63, 3.8) is 0 Å². The quantitative estimate of drug-likeness (QED) is 0.505. The maximum absolute atomic E-state index is 12.3. The van der Waals surface area contributed by atoms with Crippen molar-refractivity contribution < 1.29 is 14.3 Å². The lowest BCUT2D eigenvalue weighted by Gasteiger charge is -2.26. The van der Waals surface area contributed by atoms with E-state index in [9.17, 15) is 4.79 Å². The van der Waals surface area contributed by atoms with Crippen LogP contribution in [0.3, 0.4) is 0 Å². The number of hydrogen-bond donors (Lipinski definition) is 1. The van der Waals surface area contributed by atoms with Crippen molar-refractivity contribution in [2.75, 3.05) is 44.9 Å². The lowest BCUT2D eigenvalue weighted by molar-refractivity contribution is -0.132. The van der Waals surface area contributed by atoms with E-state index in [2.05, 4.69) is 9.97 Å². The number of morpholine rings is 1. The maximum Gasteiger partial charge on any atom is 0.233 e. The number of fused-ring (bicyclic) bond motifs is 1. The molecule has 7 nitrogen and oxygen atoms in total. The molecule has 1 fully saturated rings. The topological polar surface area (TPSA) is 90.6 Å². The van der Waals surface area contributed by atoms with E-state index in [1.165, 1.54) is 23.1 Å². The summed E-state index contributed by atoms with van der Waals surface area (Å²) in [5.41, 5.74) is 8.28. The van der Waals surface area contributed by atoms with Gasteiger partial charge in [-0.05, 0) is 17.7 Å². The van der Waals surface area contributed by atoms with Gasteiger partial charge in [-0.15, -0.1) is 11.3 Å². The van der Waals surface area contributed by atoms with E-state index in [1.54, 1.807) is 7.11 Å². The zero-order valence-corrected chi connectivity index (χ0v) is 17.0. The maximum atomic E-state index is 12.3. The van der Waals surface area contributed by atoms with E-state index in [0.717, 1.165) is 27.1 Å². The number of aromatic nitrogens is 2. The number of nitrogen functional groups attached to an aromatic ring is 1. The minimum absolute atomic E-state index is 0.0701. The molecule has 1 aromatic carbocycles. The third-order valence-corrected chi connectivity index (χ3v) is 6.23. The van der Waals surface area contributed by atoms with E-state index < -0.39 is 0 Å². The summed E-state index contributed by atoms with van der Waals surface area (Å²) in [4.78, 5) is 24.0. The molecule has 0 aliphatic carbocycles. The standard InChI is InChI=1S/C19H20N4O3S2/c1-25-13-4-2-12(3-5-13)14-10-27-18-16(14)17(20)21-19(22-18)28-11-15(24)23-6-8-26-9-7-23/h2-5,10H,6-9,11H2,1H3,(H2,20,21,22). The van der Waals surface area contributed by atoms with Gasteiger partial charge in [-0.1, -0.05) is 23.9 Å². The van der Waals surface area contributed by atoms with Crippen molar-refractivity contribution in [2.45, 2.75) is 5.16 Å². The summed E-state index contributed by atoms with van der Waals surface area (Å²) in [6, 6.07) is 7.81. The van der Waals surface area contributed by atoms with E-state index >= 15 is 0 Å². The molecule has 0 radical (unpaired) electrons. The predicted octanol–water partition coefficient (Wildman–Crippen LogP) is 2.90. The largest absolute Gasteiger partial charge is 0.497 e. The Kier molecular flexibility index (Phi) is 5.65. The van der Waals surface area contributed by atoms with Crippen LogP contribution in [0.4, 0.5) is 5.82 Å². The minimum Gasteiger partial charge on any atom is -0.497 e. The Labute approximate surface area is 170 Å². The van der Waals surface area contributed by atoms with Gasteiger partial charge in [0.1, 0.15) is 16.4 Å². The SMILES string of the molecule is COc1ccc(-c2csc3nc(SCC(=O)N4CCOCC4)nc(N)c23)cc1. The fraction of sp³-hybridized carbons (Fsp3) is 0.316. The molecular formula is C19H20N4O3S2. The zero-order valence-electron chi connectivity index (χ0n) is 15.4. The Morgan fingerprint density at radius 2 is 2.04 bits per heavy atom. The van der Waals surface area contributed by atoms with Crippen LogP contribution in [0.25, 0.3) is 21.3 Å². The number of hydrogen-bond acceptors (Lipinski definition) is 8. The molecular weight excluding hydrogens is 396 g/mol. The van der Waals surface area contributed by atoms with Crippen molar-refractivity contribution in [3.8, 4) is 16.9 Å². The second kappa shape index (κ2) is 8.34. The Bertz CT molecular complexity index is 985. The summed E-state index contributed by atoms with van der Waals surface area (Å²) >= 11 is 2.84. The van der Waals surface area contributed by atoms with Crippen LogP contribution in [0.15, 0.2) is 34.8 Å². The number of ether oxygens (including phenoxy) is 2. The number of carbonyl (C=O) groups is 1. The average Bonchev–Trinajstić information content (AvgIpc) is 3.17. The molecule has 0 saturated carbocycles. The molecule has 3 heterocycles. The molecule has 2 N–H and O–H groups in total. The molecule has 1 aliphatic rings. The van der Waals surface area contributed by atoms with Crippen LogP contribution in [-0.2, 0) is 9.53 Å². The number of carbonyl (C=O) groups excluding carboxylic acids is 1. The lowest BCUT2D eigenvalue weighted by atomic mass is 10.1. The van der Waals surface area contributed by atoms with Crippen LogP contribution in [0, 0.1) is 0 Å². The van der Waals surface area contributed by atoms with Gasteiger partial charge in [-0.3, -0.25) is 4.79 Å². The Morgan fingerprint density at radius 1 is 1.29 bits per heavy atom. The Balaban J connectivity index is 1.53. The highest BCUT2D eigenvalue weighted by Crippen LogP contribution is 2.37. The molecule has 2 aromatic heterocycles. The molecule has 1 aliphatic heterocycles. The summed E-state index contributed by atoms with van der Waals surface area (Å²) in [5.74, 6) is 1.59. The number of thioether (sulfide) groups is 1. The van der Waals surface area contributed by atoms with Crippen LogP contribution in [0.1, 0.15) is 0 Å². The van der Waals surface area contributed by atoms with Gasteiger partial charge in [0.25, 0.3) is 0 Å². The highest BCUT2D eigenvalue weighted by molar-refractivity contribution is 7.99. The number of benzene rings is 1. The van der Waals surface area contributed by atoms with Crippen LogP contribution >= 0.6 is 23.1 Å². The van der Waals surface area contributed by atoms with Crippen molar-refractivity contribution in [1.82, 2.24) is 14.9 Å². The number of rotatable bonds is 5. The number of nitrogens with zero attached hydrogens (tertiary/aromatic N) is 3. The van der Waals surface area contributed by atoms with Crippen molar-refractivity contribution in [1.29, 1.82) is 0 Å². The van der Waals surface area contributed by atoms with E-state index in [4.69, 9.17) is 15.2 Å². The fourth-order valence-corrected chi connectivity index (χ4v) is 4.79. The fourth-order valence-electron chi connectivity index (χ4n) is 3.03. The first kappa shape index (κ1) is 19.0. The number of nitrogens with two attached hydrogens (primary N) is 1. The second-order valence-corrected chi connectivity index (χ2v) is 8.03. The molecule has 0 spiro atoms. The molecule has 146 valence electrons. The van der Waals surface area contributed by atoms with Gasteiger partial charge in [-0.25, -0.2) is 9.97 Å². The Morgan fingerprint density at radius 3 is 2.75 bits per heavy atom. The van der Waals surface area contributed by atoms with E-state index in [-0.39, 0.29) is 5.91 Å². The highest BCUT2D eigenvalue weighted by Gasteiger charge is 2.19. The first-order valence-corrected chi connectivity index (χ1v) is 10.7. The summed E-state index contributed by atoms with van der Waals surface area (Å²) in [5, 5.41) is 3.40. The number of anilines is 1. The highest BCUT2D eigenvalue weighted by atomic mass is 32.2. The van der Waals surface area contributed by atoms with Crippen molar-refractivity contribution in [2.24, 2.45) is 0 Å². The lowest BCUT2D eigenvalue weighted by Crippen LogP contribution is -2.41. The van der Waals surface area contributed by atoms with Gasteiger partial charge in [-0.2, -0.15) is 0 Å². The van der Waals surface area contributed by atoms with Crippen molar-refractivity contribution >= 4 is 45.0 Å². The summed E-state index contributed by atoms with van der Waals surface area (Å²) in [7, 11) is 1.64. The summed E-state index contributed by atoms with van der Waals surface area (Å²) in [6.07, 6.45) is 0. The molecule has 0 atom stereocenters. The van der Waals surface area contributed by atoms with Gasteiger partial charge in [0.05, 0.1) is 31.5 Å². The molecule has 9 heteroatoms. The third-order valence-electron chi connectivity index (χ3n) is 4.53. The number of thiophene rings is 1. The van der Waals surface area contributed by atoms with Crippen LogP contribution < -0.4 is 10.5 Å². The molecule has 0 bridgehead atoms. The van der Waals surface area contributed by atoms with E-state index in [1.807, 2.05) is 34.5 Å². The molecule has 4 rings (SSSR count). The van der Waals surface area contributed by atoms with E-state index in [0.29, 0.717) is 43.0 Å². The number of amides is 1. The normalized spacial score (nSPS) is 14.4. The average molecular weight is 417 g/mol. The third kappa shape index (κ3) is 3.91. The first-order chi connectivity index (χ1) is 13.7. The molecule has 28 heavy (non-hydrogen) atoms. The molecule has 3 aromatic rings. The van der Waals surface area contributed by atoms with Crippen LogP contribution in [0.2, 0.25) is 0 Å².